The van der Waals surface area contributed by atoms with E-state index in [1.54, 1.807) is 22.7 Å². The van der Waals surface area contributed by atoms with E-state index in [9.17, 15) is 0 Å². The Balaban J connectivity index is 2.01. The highest BCUT2D eigenvalue weighted by molar-refractivity contribution is 7.11. The summed E-state index contributed by atoms with van der Waals surface area (Å²) in [6.45, 7) is 5.06. The van der Waals surface area contributed by atoms with Crippen LogP contribution in [0.4, 0.5) is 0 Å². The van der Waals surface area contributed by atoms with E-state index in [0.29, 0.717) is 0 Å². The molecule has 2 aromatic rings. The minimum atomic E-state index is -0.0262. The van der Waals surface area contributed by atoms with Crippen LogP contribution in [-0.2, 0) is 4.74 Å². The van der Waals surface area contributed by atoms with E-state index >= 15 is 0 Å². The Bertz CT molecular complexity index is 437. The van der Waals surface area contributed by atoms with E-state index < -0.39 is 0 Å². The first-order valence-corrected chi connectivity index (χ1v) is 8.47. The molecule has 0 N–H and O–H groups in total. The fourth-order valence-electron chi connectivity index (χ4n) is 1.83. The summed E-state index contributed by atoms with van der Waals surface area (Å²) in [4.78, 5) is 0. The molecule has 0 aliphatic carbocycles. The van der Waals surface area contributed by atoms with Crippen LogP contribution >= 0.6 is 22.7 Å². The molecule has 2 unspecified atom stereocenters. The van der Waals surface area contributed by atoms with Crippen LogP contribution in [0, 0.1) is 0 Å². The summed E-state index contributed by atoms with van der Waals surface area (Å²) in [7, 11) is 0. The van der Waals surface area contributed by atoms with Crippen LogP contribution in [0.1, 0.15) is 38.4 Å². The number of ether oxygens (including phenoxy) is 2. The molecule has 2 heterocycles. The van der Waals surface area contributed by atoms with Gasteiger partial charge in [0.25, 0.3) is 0 Å². The maximum absolute atomic E-state index is 6.09. The lowest BCUT2D eigenvalue weighted by molar-refractivity contribution is -0.0155. The quantitative estimate of drug-likeness (QED) is 0.628. The van der Waals surface area contributed by atoms with Crippen LogP contribution in [-0.4, -0.2) is 12.7 Å². The van der Waals surface area contributed by atoms with Gasteiger partial charge >= 0.3 is 0 Å². The van der Waals surface area contributed by atoms with Crippen LogP contribution < -0.4 is 4.74 Å². The maximum atomic E-state index is 6.09. The molecule has 0 fully saturated rings. The lowest BCUT2D eigenvalue weighted by Gasteiger charge is -2.24. The van der Waals surface area contributed by atoms with Crippen molar-refractivity contribution in [2.24, 2.45) is 0 Å². The first kappa shape index (κ1) is 14.6. The van der Waals surface area contributed by atoms with Gasteiger partial charge in [0.2, 0.25) is 0 Å². The Morgan fingerprint density at radius 3 is 2.79 bits per heavy atom. The molecule has 0 spiro atoms. The number of unbranched alkanes of at least 4 members (excludes halogenated alkanes) is 1. The van der Waals surface area contributed by atoms with Gasteiger partial charge in [0, 0.05) is 12.2 Å². The summed E-state index contributed by atoms with van der Waals surface area (Å²) in [6, 6.07) is 6.12. The fraction of sp³-hybridized carbons (Fsp3) is 0.467. The van der Waals surface area contributed by atoms with Crippen molar-refractivity contribution in [3.63, 3.8) is 0 Å². The zero-order valence-corrected chi connectivity index (χ0v) is 13.0. The van der Waals surface area contributed by atoms with Crippen molar-refractivity contribution in [2.75, 3.05) is 6.61 Å². The van der Waals surface area contributed by atoms with Crippen molar-refractivity contribution >= 4 is 22.7 Å². The largest absolute Gasteiger partial charge is 0.473 e. The smallest absolute Gasteiger partial charge is 0.174 e. The summed E-state index contributed by atoms with van der Waals surface area (Å²) in [6.07, 6.45) is 2.28. The predicted molar refractivity (Wildman–Crippen MR) is 82.3 cm³/mol. The monoisotopic (exact) mass is 296 g/mol. The number of thiophene rings is 2. The van der Waals surface area contributed by atoms with Gasteiger partial charge in [-0.25, -0.2) is 0 Å². The molecule has 2 rings (SSSR count). The zero-order valence-electron chi connectivity index (χ0n) is 11.4. The molecule has 2 nitrogen and oxygen atoms in total. The third kappa shape index (κ3) is 4.34. The molecular formula is C15H20O2S2. The third-order valence-corrected chi connectivity index (χ3v) is 4.37. The van der Waals surface area contributed by atoms with Crippen LogP contribution in [0.2, 0.25) is 0 Å². The van der Waals surface area contributed by atoms with Crippen LogP contribution in [0.25, 0.3) is 0 Å². The summed E-state index contributed by atoms with van der Waals surface area (Å²) in [5.74, 6) is 0. The zero-order chi connectivity index (χ0) is 13.5. The van der Waals surface area contributed by atoms with E-state index in [4.69, 9.17) is 9.47 Å². The maximum Gasteiger partial charge on any atom is 0.174 e. The van der Waals surface area contributed by atoms with Crippen molar-refractivity contribution in [3.05, 3.63) is 39.9 Å². The Kier molecular flexibility index (Phi) is 5.89. The fourth-order valence-corrected chi connectivity index (χ4v) is 3.12. The SMILES string of the molecule is CCCCOC(C)C(Oc1cccs1)c1ccsc1. The minimum absolute atomic E-state index is 0.0262. The first-order valence-electron chi connectivity index (χ1n) is 6.65. The van der Waals surface area contributed by atoms with E-state index in [1.165, 1.54) is 5.56 Å². The van der Waals surface area contributed by atoms with Crippen LogP contribution in [0.3, 0.4) is 0 Å². The minimum Gasteiger partial charge on any atom is -0.473 e. The summed E-state index contributed by atoms with van der Waals surface area (Å²) < 4.78 is 12.0. The molecule has 0 bridgehead atoms. The second kappa shape index (κ2) is 7.68. The van der Waals surface area contributed by atoms with Gasteiger partial charge in [-0.2, -0.15) is 11.3 Å². The molecule has 104 valence electrons. The van der Waals surface area contributed by atoms with E-state index in [0.717, 1.165) is 24.5 Å². The highest BCUT2D eigenvalue weighted by Gasteiger charge is 2.22. The van der Waals surface area contributed by atoms with Crippen molar-refractivity contribution in [1.82, 2.24) is 0 Å². The van der Waals surface area contributed by atoms with Crippen molar-refractivity contribution in [2.45, 2.75) is 38.9 Å². The molecular weight excluding hydrogens is 276 g/mol. The normalized spacial score (nSPS) is 14.2. The average molecular weight is 296 g/mol. The van der Waals surface area contributed by atoms with Gasteiger partial charge in [0.05, 0.1) is 6.10 Å². The molecule has 0 saturated carbocycles. The van der Waals surface area contributed by atoms with Gasteiger partial charge in [-0.3, -0.25) is 0 Å². The van der Waals surface area contributed by atoms with Gasteiger partial charge < -0.3 is 9.47 Å². The van der Waals surface area contributed by atoms with Gasteiger partial charge in [0.1, 0.15) is 0 Å². The lowest BCUT2D eigenvalue weighted by atomic mass is 10.1. The van der Waals surface area contributed by atoms with Gasteiger partial charge in [-0.15, -0.1) is 11.3 Å². The number of hydrogen-bond acceptors (Lipinski definition) is 4. The Morgan fingerprint density at radius 1 is 1.26 bits per heavy atom. The van der Waals surface area contributed by atoms with Crippen LogP contribution in [0.15, 0.2) is 34.3 Å². The van der Waals surface area contributed by atoms with Crippen molar-refractivity contribution < 1.29 is 9.47 Å². The number of hydrogen-bond donors (Lipinski definition) is 0. The van der Waals surface area contributed by atoms with E-state index in [1.807, 2.05) is 17.5 Å². The van der Waals surface area contributed by atoms with Crippen molar-refractivity contribution in [3.8, 4) is 5.06 Å². The number of rotatable bonds is 8. The lowest BCUT2D eigenvalue weighted by Crippen LogP contribution is -2.24. The first-order chi connectivity index (χ1) is 9.31. The topological polar surface area (TPSA) is 18.5 Å². The molecule has 0 saturated heterocycles. The van der Waals surface area contributed by atoms with Gasteiger partial charge in [0.15, 0.2) is 11.2 Å². The molecule has 19 heavy (non-hydrogen) atoms. The average Bonchev–Trinajstić information content (AvgIpc) is 3.09. The Labute approximate surface area is 123 Å². The standard InChI is InChI=1S/C15H20O2S2/c1-3-4-8-16-12(2)15(13-7-10-18-11-13)17-14-6-5-9-19-14/h5-7,9-12,15H,3-4,8H2,1-2H3. The molecule has 0 aliphatic rings. The van der Waals surface area contributed by atoms with E-state index in [-0.39, 0.29) is 12.2 Å². The Morgan fingerprint density at radius 2 is 2.16 bits per heavy atom. The summed E-state index contributed by atoms with van der Waals surface area (Å²) >= 11 is 3.31. The highest BCUT2D eigenvalue weighted by Crippen LogP contribution is 2.30. The second-order valence-corrected chi connectivity index (χ2v) is 6.15. The highest BCUT2D eigenvalue weighted by atomic mass is 32.1. The predicted octanol–water partition coefficient (Wildman–Crippen LogP) is 5.13. The molecule has 2 aromatic heterocycles. The molecule has 0 aliphatic heterocycles. The molecule has 0 aromatic carbocycles. The molecule has 4 heteroatoms. The summed E-state index contributed by atoms with van der Waals surface area (Å²) in [5.41, 5.74) is 1.20. The van der Waals surface area contributed by atoms with Crippen molar-refractivity contribution in [1.29, 1.82) is 0 Å². The van der Waals surface area contributed by atoms with Gasteiger partial charge in [-0.05, 0) is 47.7 Å². The van der Waals surface area contributed by atoms with E-state index in [2.05, 4.69) is 30.7 Å². The molecule has 0 amide bonds. The molecule has 0 radical (unpaired) electrons. The van der Waals surface area contributed by atoms with Crippen LogP contribution in [0.5, 0.6) is 5.06 Å². The third-order valence-electron chi connectivity index (χ3n) is 2.91. The second-order valence-electron chi connectivity index (χ2n) is 4.46. The Hall–Kier alpha value is -0.840. The summed E-state index contributed by atoms with van der Waals surface area (Å²) in [5, 5.41) is 7.20. The molecule has 2 atom stereocenters. The van der Waals surface area contributed by atoms with Gasteiger partial charge in [-0.1, -0.05) is 13.3 Å².